The van der Waals surface area contributed by atoms with Crippen molar-refractivity contribution in [2.45, 2.75) is 6.54 Å². The Kier molecular flexibility index (Phi) is 5.36. The van der Waals surface area contributed by atoms with Crippen LogP contribution in [0.2, 0.25) is 0 Å². The van der Waals surface area contributed by atoms with E-state index < -0.39 is 5.97 Å². The van der Waals surface area contributed by atoms with Gasteiger partial charge in [0.2, 0.25) is 0 Å². The molecule has 0 amide bonds. The molecule has 1 aliphatic rings. The maximum atomic E-state index is 11.5. The van der Waals surface area contributed by atoms with Crippen molar-refractivity contribution in [3.63, 3.8) is 0 Å². The van der Waals surface area contributed by atoms with Gasteiger partial charge in [-0.25, -0.2) is 0 Å². The molecule has 3 N–H and O–H groups in total. The molecule has 7 heteroatoms. The van der Waals surface area contributed by atoms with E-state index in [1.54, 1.807) is 6.07 Å². The van der Waals surface area contributed by atoms with Gasteiger partial charge in [0.25, 0.3) is 0 Å². The number of nitrogens with zero attached hydrogens (tertiary/aromatic N) is 3. The van der Waals surface area contributed by atoms with E-state index in [1.165, 1.54) is 4.68 Å². The zero-order valence-electron chi connectivity index (χ0n) is 14.9. The van der Waals surface area contributed by atoms with E-state index in [0.717, 1.165) is 27.6 Å². The average Bonchev–Trinajstić information content (AvgIpc) is 2.97. The number of carboxylic acids is 1. The number of halogens is 1. The van der Waals surface area contributed by atoms with Crippen molar-refractivity contribution >= 4 is 28.0 Å². The number of aromatic carboxylic acids is 1. The number of hydrogen-bond donors (Lipinski definition) is 2. The van der Waals surface area contributed by atoms with Crippen LogP contribution in [0, 0.1) is 0 Å². The van der Waals surface area contributed by atoms with Crippen LogP contribution in [0.4, 0.5) is 0 Å². The van der Waals surface area contributed by atoms with Gasteiger partial charge in [-0.15, -0.1) is 0 Å². The Balaban J connectivity index is 1.75. The molecule has 142 valence electrons. The molecule has 0 atom stereocenters. The Bertz CT molecular complexity index is 1140. The van der Waals surface area contributed by atoms with Crippen molar-refractivity contribution in [2.75, 3.05) is 6.54 Å². The normalized spacial score (nSPS) is 14.2. The van der Waals surface area contributed by atoms with Crippen LogP contribution in [-0.2, 0) is 6.54 Å². The average molecular weight is 485 g/mol. The third-order valence-electron chi connectivity index (χ3n) is 4.37. The number of benzene rings is 1. The first-order chi connectivity index (χ1) is 13.7. The summed E-state index contributed by atoms with van der Waals surface area (Å²) in [6.45, 7) is 0.693. The van der Waals surface area contributed by atoms with Gasteiger partial charge in [-0.2, -0.15) is 0 Å². The van der Waals surface area contributed by atoms with Gasteiger partial charge in [-0.3, -0.25) is 0 Å². The molecule has 0 unspecified atom stereocenters. The first-order valence-corrected chi connectivity index (χ1v) is 11.2. The molecule has 0 saturated carbocycles. The van der Waals surface area contributed by atoms with E-state index in [1.807, 2.05) is 30.5 Å². The number of rotatable bonds is 5. The number of aromatic nitrogens is 3. The van der Waals surface area contributed by atoms with E-state index in [9.17, 15) is 9.90 Å². The number of carbonyl (C=O) groups is 1. The first-order valence-electron chi connectivity index (χ1n) is 8.73. The predicted molar refractivity (Wildman–Crippen MR) is 105 cm³/mol. The molecule has 0 aliphatic carbocycles. The second kappa shape index (κ2) is 8.07. The van der Waals surface area contributed by atoms with Crippen LogP contribution in [-0.4, -0.2) is 32.4 Å². The van der Waals surface area contributed by atoms with Crippen LogP contribution in [0.25, 0.3) is 22.0 Å². The van der Waals surface area contributed by atoms with Crippen molar-refractivity contribution in [1.82, 2.24) is 14.8 Å². The fourth-order valence-corrected chi connectivity index (χ4v) is 4.74. The van der Waals surface area contributed by atoms with Crippen LogP contribution in [0.1, 0.15) is 21.7 Å². The molecule has 1 aromatic carbocycles. The van der Waals surface area contributed by atoms with E-state index >= 15 is 0 Å². The summed E-state index contributed by atoms with van der Waals surface area (Å²) in [6, 6.07) is 11.8. The third kappa shape index (κ3) is 3.76. The second-order valence-electron chi connectivity index (χ2n) is 6.23. The third-order valence-corrected chi connectivity index (χ3v) is 6.17. The topological polar surface area (TPSA) is 94.0 Å². The minimum absolute atomic E-state index is 0.145. The number of hydrogen-bond acceptors (Lipinski definition) is 4. The molecule has 3 heterocycles. The van der Waals surface area contributed by atoms with Gasteiger partial charge in [0.05, 0.1) is 0 Å². The van der Waals surface area contributed by atoms with E-state index in [4.69, 9.17) is 5.73 Å². The summed E-state index contributed by atoms with van der Waals surface area (Å²) < 4.78 is 5.84. The van der Waals surface area contributed by atoms with Crippen LogP contribution in [0.15, 0.2) is 62.9 Å². The number of pyridine rings is 1. The summed E-state index contributed by atoms with van der Waals surface area (Å²) >= 11 is -0.256. The predicted octanol–water partition coefficient (Wildman–Crippen LogP) is 0.129. The Labute approximate surface area is 172 Å². The summed E-state index contributed by atoms with van der Waals surface area (Å²) in [5, 5.41) is 15.0. The monoisotopic (exact) mass is 485 g/mol. The van der Waals surface area contributed by atoms with Gasteiger partial charge in [-0.1, -0.05) is 0 Å². The summed E-state index contributed by atoms with van der Waals surface area (Å²) in [6.07, 6.45) is 5.95. The van der Waals surface area contributed by atoms with Gasteiger partial charge in [-0.05, 0) is 0 Å². The number of nitrogens with two attached hydrogens (primary N) is 1. The number of para-hydroxylation sites is 1. The summed E-state index contributed by atoms with van der Waals surface area (Å²) in [5.74, 6) is -1.01. The SMILES string of the molecule is NCCn1nc(C2=CC(c3cnc4ccccc4c3)=C[I-]C=C2)cc1C(=O)O. The van der Waals surface area contributed by atoms with Gasteiger partial charge in [0, 0.05) is 0 Å². The van der Waals surface area contributed by atoms with Crippen LogP contribution in [0.5, 0.6) is 0 Å². The number of allylic oxidation sites excluding steroid dienone is 4. The molecule has 0 bridgehead atoms. The minimum atomic E-state index is -1.01. The fraction of sp³-hybridized carbons (Fsp3) is 0.0952. The van der Waals surface area contributed by atoms with E-state index in [2.05, 4.69) is 36.5 Å². The van der Waals surface area contributed by atoms with Gasteiger partial charge in [0.1, 0.15) is 0 Å². The second-order valence-corrected chi connectivity index (χ2v) is 8.29. The van der Waals surface area contributed by atoms with Crippen LogP contribution in [0.3, 0.4) is 0 Å². The van der Waals surface area contributed by atoms with Crippen molar-refractivity contribution in [3.8, 4) is 0 Å². The van der Waals surface area contributed by atoms with Gasteiger partial charge >= 0.3 is 173 Å². The zero-order valence-corrected chi connectivity index (χ0v) is 17.1. The Morgan fingerprint density at radius 2 is 2.07 bits per heavy atom. The molecule has 2 aromatic heterocycles. The molecule has 6 nitrogen and oxygen atoms in total. The molecule has 1 aliphatic heterocycles. The van der Waals surface area contributed by atoms with E-state index in [-0.39, 0.29) is 26.9 Å². The van der Waals surface area contributed by atoms with Crippen molar-refractivity contribution < 1.29 is 31.1 Å². The molecule has 0 saturated heterocycles. The fourth-order valence-electron chi connectivity index (χ4n) is 3.01. The number of carboxylic acid groups (broad SMARTS) is 1. The van der Waals surface area contributed by atoms with Crippen molar-refractivity contribution in [2.24, 2.45) is 5.73 Å². The van der Waals surface area contributed by atoms with Crippen LogP contribution >= 0.6 is 0 Å². The molecule has 28 heavy (non-hydrogen) atoms. The summed E-state index contributed by atoms with van der Waals surface area (Å²) in [4.78, 5) is 16.1. The van der Waals surface area contributed by atoms with E-state index in [0.29, 0.717) is 18.8 Å². The molecule has 3 aromatic rings. The summed E-state index contributed by atoms with van der Waals surface area (Å²) in [5.41, 5.74) is 10.3. The number of fused-ring (bicyclic) bond motifs is 1. The molecule has 0 fully saturated rings. The Morgan fingerprint density at radius 3 is 2.89 bits per heavy atom. The molecule has 0 radical (unpaired) electrons. The zero-order chi connectivity index (χ0) is 19.5. The maximum absolute atomic E-state index is 11.5. The molecular weight excluding hydrogens is 467 g/mol. The van der Waals surface area contributed by atoms with Crippen molar-refractivity contribution in [3.05, 3.63) is 79.9 Å². The molecule has 4 rings (SSSR count). The Morgan fingerprint density at radius 1 is 1.21 bits per heavy atom. The van der Waals surface area contributed by atoms with Gasteiger partial charge < -0.3 is 0 Å². The standard InChI is InChI=1S/C21H18IN4O2/c23-7-8-26-20(21(27)28)11-19(25-26)15-5-6-22-12-16(9-15)17-10-14-3-1-2-4-18(14)24-13-17/h1-6,9-13H,7-8,23H2,(H,27,28)/q-1. The van der Waals surface area contributed by atoms with Gasteiger partial charge in [0.15, 0.2) is 0 Å². The van der Waals surface area contributed by atoms with Crippen LogP contribution < -0.4 is 26.9 Å². The summed E-state index contributed by atoms with van der Waals surface area (Å²) in [7, 11) is 0. The van der Waals surface area contributed by atoms with Crippen molar-refractivity contribution in [1.29, 1.82) is 0 Å². The molecule has 0 spiro atoms. The molecular formula is C21H18IN4O2-. The first kappa shape index (κ1) is 18.6. The Hall–Kier alpha value is -2.78. The quantitative estimate of drug-likeness (QED) is 0.502.